The van der Waals surface area contributed by atoms with Crippen LogP contribution in [0.2, 0.25) is 0 Å². The Kier molecular flexibility index (Phi) is 17.9. The first-order valence-corrected chi connectivity index (χ1v) is 26.9. The SMILES string of the molecule is C=C1C[C@@]23CC[C@H]4[C@@](C)(CCC[C@@]4(C)C(=O)O[C@@H]4O[C@H](CO[C@]5(CO)O[C@H](CO)[C@@H](O)[C@@H]5O)[C@@H](O)[C@H](O)[C@H]4O)[C@@H]2CC[C@]1(O[C@@H]1O[C@H](CO)[C@@H](O)[C@H](O[C@@H]2O[C@H](CO)[C@@H](O)[C@H](O)[C@H]2O)[C@H]1O[C@@H]1O[C@H](CO)[C@@H](O)[C@H](O)[C@H]1O)C3. The van der Waals surface area contributed by atoms with Crippen LogP contribution in [0.5, 0.6) is 0 Å². The summed E-state index contributed by atoms with van der Waals surface area (Å²) in [5.41, 5.74) is -2.73. The minimum atomic E-state index is -2.26. The smallest absolute Gasteiger partial charge is 0.314 e. The summed E-state index contributed by atoms with van der Waals surface area (Å²) in [6, 6.07) is 0. The fraction of sp³-hybridized carbons (Fsp3) is 0.940. The van der Waals surface area contributed by atoms with E-state index < -0.39 is 214 Å². The number of aliphatic hydroxyl groups is 17. The molecule has 9 rings (SSSR count). The van der Waals surface area contributed by atoms with Crippen molar-refractivity contribution in [2.24, 2.45) is 28.1 Å². The Bertz CT molecular complexity index is 2090. The van der Waals surface area contributed by atoms with Gasteiger partial charge in [-0.3, -0.25) is 4.79 Å². The van der Waals surface area contributed by atoms with E-state index in [2.05, 4.69) is 13.5 Å². The molecule has 30 atom stereocenters. The average Bonchev–Trinajstić information content (AvgIpc) is 3.93. The molecular weight excluding hydrogens is 1050 g/mol. The molecule has 28 heteroatoms. The van der Waals surface area contributed by atoms with E-state index in [4.69, 9.17) is 47.4 Å². The summed E-state index contributed by atoms with van der Waals surface area (Å²) < 4.78 is 59.8. The molecule has 2 bridgehead atoms. The van der Waals surface area contributed by atoms with Crippen LogP contribution in [0, 0.1) is 28.1 Å². The molecule has 0 aromatic rings. The number of hydrogen-bond donors (Lipinski definition) is 17. The molecule has 9 aliphatic rings. The number of hydrogen-bond acceptors (Lipinski definition) is 28. The number of fused-ring (bicyclic) bond motifs is 3. The molecule has 17 N–H and O–H groups in total. The van der Waals surface area contributed by atoms with E-state index in [1.807, 2.05) is 0 Å². The first-order chi connectivity index (χ1) is 36.8. The lowest BCUT2D eigenvalue weighted by atomic mass is 9.41. The Hall–Kier alpha value is -1.83. The predicted octanol–water partition coefficient (Wildman–Crippen LogP) is -7.29. The summed E-state index contributed by atoms with van der Waals surface area (Å²) in [5.74, 6) is -3.36. The zero-order valence-corrected chi connectivity index (χ0v) is 43.3. The van der Waals surface area contributed by atoms with Gasteiger partial charge >= 0.3 is 5.97 Å². The zero-order valence-electron chi connectivity index (χ0n) is 43.3. The molecular formula is C50H80O28. The molecule has 0 amide bonds. The van der Waals surface area contributed by atoms with Crippen molar-refractivity contribution >= 4 is 5.97 Å². The minimum absolute atomic E-state index is 0.0548. The van der Waals surface area contributed by atoms with Crippen molar-refractivity contribution in [2.75, 3.05) is 39.6 Å². The molecule has 78 heavy (non-hydrogen) atoms. The third-order valence-electron chi connectivity index (χ3n) is 19.3. The number of ether oxygens (including phenoxy) is 10. The summed E-state index contributed by atoms with van der Waals surface area (Å²) in [4.78, 5) is 14.7. The minimum Gasteiger partial charge on any atom is -0.432 e. The van der Waals surface area contributed by atoms with Gasteiger partial charge in [0, 0.05) is 0 Å². The quantitative estimate of drug-likeness (QED) is 0.0388. The van der Waals surface area contributed by atoms with Crippen molar-refractivity contribution in [2.45, 2.75) is 224 Å². The number of esters is 1. The number of carbonyl (C=O) groups is 1. The van der Waals surface area contributed by atoms with Gasteiger partial charge in [0.25, 0.3) is 0 Å². The van der Waals surface area contributed by atoms with E-state index in [-0.39, 0.29) is 11.8 Å². The maximum atomic E-state index is 14.7. The van der Waals surface area contributed by atoms with Crippen LogP contribution in [-0.2, 0) is 52.2 Å². The van der Waals surface area contributed by atoms with Gasteiger partial charge in [-0.1, -0.05) is 19.9 Å². The maximum absolute atomic E-state index is 14.7. The summed E-state index contributed by atoms with van der Waals surface area (Å²) in [7, 11) is 0. The molecule has 5 heterocycles. The van der Waals surface area contributed by atoms with Crippen LogP contribution in [0.4, 0.5) is 0 Å². The topological polar surface area (TPSA) is 453 Å². The highest BCUT2D eigenvalue weighted by Gasteiger charge is 2.70. The van der Waals surface area contributed by atoms with Crippen LogP contribution in [0.15, 0.2) is 12.2 Å². The van der Waals surface area contributed by atoms with Crippen LogP contribution in [0.3, 0.4) is 0 Å². The van der Waals surface area contributed by atoms with Gasteiger partial charge in [-0.2, -0.15) is 0 Å². The number of rotatable bonds is 16. The lowest BCUT2D eigenvalue weighted by Gasteiger charge is -2.64. The average molecular weight is 1130 g/mol. The molecule has 0 unspecified atom stereocenters. The molecule has 9 fully saturated rings. The van der Waals surface area contributed by atoms with Gasteiger partial charge in [0.2, 0.25) is 12.1 Å². The molecule has 5 aliphatic heterocycles. The Labute approximate surface area is 448 Å². The number of carbonyl (C=O) groups excluding carboxylic acids is 1. The Morgan fingerprint density at radius 3 is 1.64 bits per heavy atom. The highest BCUT2D eigenvalue weighted by Crippen LogP contribution is 2.74. The van der Waals surface area contributed by atoms with Crippen molar-refractivity contribution in [1.82, 2.24) is 0 Å². The number of aliphatic hydroxyl groups excluding tert-OH is 17. The van der Waals surface area contributed by atoms with Crippen molar-refractivity contribution in [3.63, 3.8) is 0 Å². The van der Waals surface area contributed by atoms with Gasteiger partial charge < -0.3 is 134 Å². The third-order valence-corrected chi connectivity index (χ3v) is 19.3. The molecule has 1 spiro atoms. The Morgan fingerprint density at radius 1 is 0.564 bits per heavy atom. The van der Waals surface area contributed by atoms with Crippen molar-refractivity contribution < 1.29 is 139 Å². The monoisotopic (exact) mass is 1130 g/mol. The zero-order chi connectivity index (χ0) is 56.8. The standard InChI is InChI=1S/C50H80O28/c1-19-11-48-9-5-25-46(2,7-4-8-47(25,3)45(68)76-43-37(66)34(63)29(58)24(73-43)16-69-50(18-55)40(67)31(60)23(15-54)77-50)26(48)6-10-49(19,17-48)78-44-39(75-42-36(65)33(62)28(57)21(13-52)71-42)38(30(59)22(14-53)72-44)74-41-35(64)32(61)27(56)20(12-51)70-41/h20-44,51-67H,1,4-18H2,2-3H3/t20-,21-,22-,23-,24-,25+,26+,27-,28-,29-,30-,31-,32+,33+,34+,35-,36-,37-,38+,39-,40+,41+,42+,43+,44+,46-,47-,48-,49+,50-/m1/s1. The highest BCUT2D eigenvalue weighted by molar-refractivity contribution is 5.77. The summed E-state index contributed by atoms with van der Waals surface area (Å²) in [6.45, 7) is 3.49. The van der Waals surface area contributed by atoms with Crippen LogP contribution in [-0.4, -0.2) is 285 Å². The van der Waals surface area contributed by atoms with Gasteiger partial charge in [0.15, 0.2) is 18.9 Å². The van der Waals surface area contributed by atoms with Crippen LogP contribution in [0.25, 0.3) is 0 Å². The molecule has 28 nitrogen and oxygen atoms in total. The molecule has 0 aromatic heterocycles. The molecule has 4 saturated carbocycles. The molecule has 0 radical (unpaired) electrons. The summed E-state index contributed by atoms with van der Waals surface area (Å²) in [6.07, 6.45) is -36.1. The Balaban J connectivity index is 0.940. The molecule has 4 aliphatic carbocycles. The first-order valence-electron chi connectivity index (χ1n) is 26.9. The Morgan fingerprint density at radius 2 is 1.08 bits per heavy atom. The highest BCUT2D eigenvalue weighted by atomic mass is 16.8. The van der Waals surface area contributed by atoms with E-state index in [0.29, 0.717) is 63.4 Å². The van der Waals surface area contributed by atoms with Gasteiger partial charge in [-0.15, -0.1) is 0 Å². The molecule has 5 saturated heterocycles. The van der Waals surface area contributed by atoms with Crippen LogP contribution >= 0.6 is 0 Å². The van der Waals surface area contributed by atoms with Gasteiger partial charge in [-0.05, 0) is 86.5 Å². The van der Waals surface area contributed by atoms with E-state index in [1.54, 1.807) is 6.92 Å². The van der Waals surface area contributed by atoms with Gasteiger partial charge in [-0.25, -0.2) is 0 Å². The second kappa shape index (κ2) is 23.0. The van der Waals surface area contributed by atoms with E-state index in [9.17, 15) is 91.6 Å². The summed E-state index contributed by atoms with van der Waals surface area (Å²) in [5, 5.41) is 181. The lowest BCUT2D eigenvalue weighted by molar-refractivity contribution is -0.400. The largest absolute Gasteiger partial charge is 0.432 e. The van der Waals surface area contributed by atoms with Crippen molar-refractivity contribution in [3.8, 4) is 0 Å². The first kappa shape index (κ1) is 60.8. The third kappa shape index (κ3) is 10.1. The van der Waals surface area contributed by atoms with E-state index in [1.165, 1.54) is 0 Å². The van der Waals surface area contributed by atoms with Crippen molar-refractivity contribution in [1.29, 1.82) is 0 Å². The molecule has 448 valence electrons. The van der Waals surface area contributed by atoms with Gasteiger partial charge in [0.05, 0.1) is 44.1 Å². The fourth-order valence-corrected chi connectivity index (χ4v) is 15.0. The fourth-order valence-electron chi connectivity index (χ4n) is 15.0. The van der Waals surface area contributed by atoms with E-state index in [0.717, 1.165) is 0 Å². The lowest BCUT2D eigenvalue weighted by Crippen LogP contribution is -2.68. The van der Waals surface area contributed by atoms with Gasteiger partial charge in [0.1, 0.15) is 123 Å². The van der Waals surface area contributed by atoms with Crippen LogP contribution in [0.1, 0.15) is 71.6 Å². The maximum Gasteiger partial charge on any atom is 0.314 e. The van der Waals surface area contributed by atoms with Crippen molar-refractivity contribution in [3.05, 3.63) is 12.2 Å². The summed E-state index contributed by atoms with van der Waals surface area (Å²) >= 11 is 0. The predicted molar refractivity (Wildman–Crippen MR) is 252 cm³/mol. The normalized spacial score (nSPS) is 54.3. The second-order valence-electron chi connectivity index (χ2n) is 23.7. The van der Waals surface area contributed by atoms with E-state index >= 15 is 0 Å². The second-order valence-corrected chi connectivity index (χ2v) is 23.7. The molecule has 0 aromatic carbocycles. The van der Waals surface area contributed by atoms with Crippen LogP contribution < -0.4 is 0 Å².